The van der Waals surface area contributed by atoms with Crippen molar-refractivity contribution < 1.29 is 4.79 Å². The molecule has 0 atom stereocenters. The summed E-state index contributed by atoms with van der Waals surface area (Å²) in [6, 6.07) is 0. The van der Waals surface area contributed by atoms with Gasteiger partial charge in [0, 0.05) is 7.05 Å². The monoisotopic (exact) mass is 145 g/mol. The lowest BCUT2D eigenvalue weighted by Crippen LogP contribution is -2.32. The summed E-state index contributed by atoms with van der Waals surface area (Å²) in [6.45, 7) is 1.86. The van der Waals surface area contributed by atoms with Gasteiger partial charge in [0.15, 0.2) is 0 Å². The molecule has 0 aromatic rings. The molecule has 0 saturated heterocycles. The van der Waals surface area contributed by atoms with Gasteiger partial charge in [-0.15, -0.1) is 0 Å². The maximum absolute atomic E-state index is 10.6. The van der Waals surface area contributed by atoms with Crippen LogP contribution in [0, 0.1) is 0 Å². The van der Waals surface area contributed by atoms with E-state index in [1.165, 1.54) is 0 Å². The van der Waals surface area contributed by atoms with Crippen molar-refractivity contribution in [3.63, 3.8) is 0 Å². The van der Waals surface area contributed by atoms with E-state index >= 15 is 0 Å². The predicted molar refractivity (Wildman–Crippen MR) is 40.6 cm³/mol. The van der Waals surface area contributed by atoms with Crippen LogP contribution in [-0.4, -0.2) is 32.6 Å². The molecule has 0 spiro atoms. The maximum atomic E-state index is 10.6. The zero-order valence-electron chi connectivity index (χ0n) is 6.31. The molecular formula is C6H15N3O. The first-order valence-corrected chi connectivity index (χ1v) is 3.42. The van der Waals surface area contributed by atoms with E-state index in [-0.39, 0.29) is 5.91 Å². The van der Waals surface area contributed by atoms with Gasteiger partial charge in [0.05, 0.1) is 6.54 Å². The minimum absolute atomic E-state index is 0.0111. The lowest BCUT2D eigenvalue weighted by atomic mass is 10.4. The Hall–Kier alpha value is -0.610. The third kappa shape index (κ3) is 5.53. The first kappa shape index (κ1) is 9.39. The van der Waals surface area contributed by atoms with Gasteiger partial charge in [-0.1, -0.05) is 0 Å². The van der Waals surface area contributed by atoms with Crippen LogP contribution in [0.4, 0.5) is 0 Å². The van der Waals surface area contributed by atoms with Gasteiger partial charge in [0.25, 0.3) is 0 Å². The van der Waals surface area contributed by atoms with Crippen molar-refractivity contribution in [2.45, 2.75) is 6.42 Å². The molecule has 4 heteroatoms. The molecule has 0 saturated carbocycles. The van der Waals surface area contributed by atoms with Gasteiger partial charge >= 0.3 is 0 Å². The van der Waals surface area contributed by atoms with E-state index in [1.54, 1.807) is 7.05 Å². The van der Waals surface area contributed by atoms with Crippen molar-refractivity contribution in [2.24, 2.45) is 5.73 Å². The number of carbonyl (C=O) groups is 1. The molecule has 0 heterocycles. The summed E-state index contributed by atoms with van der Waals surface area (Å²) in [6.07, 6.45) is 0.914. The minimum Gasteiger partial charge on any atom is -0.358 e. The number of nitrogens with two attached hydrogens (primary N) is 1. The Kier molecular flexibility index (Phi) is 6.11. The number of hydrogen-bond donors (Lipinski definition) is 3. The standard InChI is InChI=1S/C6H15N3O/c1-8-6(10)5-9-4-2-3-7/h9H,2-5,7H2,1H3,(H,8,10). The second-order valence-electron chi connectivity index (χ2n) is 1.99. The molecule has 1 amide bonds. The number of nitrogens with one attached hydrogen (secondary N) is 2. The summed E-state index contributed by atoms with van der Waals surface area (Å²) in [5, 5.41) is 5.45. The van der Waals surface area contributed by atoms with Gasteiger partial charge in [0.1, 0.15) is 0 Å². The average Bonchev–Trinajstić information content (AvgIpc) is 1.98. The van der Waals surface area contributed by atoms with E-state index in [2.05, 4.69) is 10.6 Å². The van der Waals surface area contributed by atoms with E-state index in [0.29, 0.717) is 13.1 Å². The van der Waals surface area contributed by atoms with E-state index in [1.807, 2.05) is 0 Å². The Bertz CT molecular complexity index is 95.0. The first-order valence-electron chi connectivity index (χ1n) is 3.42. The summed E-state index contributed by atoms with van der Waals surface area (Å²) >= 11 is 0. The van der Waals surface area contributed by atoms with Crippen molar-refractivity contribution in [2.75, 3.05) is 26.7 Å². The molecule has 0 aliphatic rings. The third-order valence-corrected chi connectivity index (χ3v) is 1.12. The third-order valence-electron chi connectivity index (χ3n) is 1.12. The lowest BCUT2D eigenvalue weighted by Gasteiger charge is -2.00. The van der Waals surface area contributed by atoms with Crippen LogP contribution in [0.1, 0.15) is 6.42 Å². The van der Waals surface area contributed by atoms with Crippen LogP contribution in [0.15, 0.2) is 0 Å². The Morgan fingerprint density at radius 3 is 2.80 bits per heavy atom. The molecule has 0 aromatic carbocycles. The molecule has 0 aliphatic carbocycles. The number of likely N-dealkylation sites (N-methyl/N-ethyl adjacent to an activating group) is 1. The van der Waals surface area contributed by atoms with Crippen LogP contribution < -0.4 is 16.4 Å². The molecule has 0 aliphatic heterocycles. The predicted octanol–water partition coefficient (Wildman–Crippen LogP) is -1.33. The van der Waals surface area contributed by atoms with Crippen LogP contribution in [0.25, 0.3) is 0 Å². The molecule has 10 heavy (non-hydrogen) atoms. The van der Waals surface area contributed by atoms with Crippen LogP contribution in [0.5, 0.6) is 0 Å². The topological polar surface area (TPSA) is 67.2 Å². The molecule has 0 rings (SSSR count). The molecule has 0 bridgehead atoms. The van der Waals surface area contributed by atoms with E-state index in [9.17, 15) is 4.79 Å². The fraction of sp³-hybridized carbons (Fsp3) is 0.833. The highest BCUT2D eigenvalue weighted by Gasteiger charge is 1.93. The minimum atomic E-state index is 0.0111. The molecule has 4 N–H and O–H groups in total. The van der Waals surface area contributed by atoms with Crippen molar-refractivity contribution in [3.8, 4) is 0 Å². The molecule has 4 nitrogen and oxygen atoms in total. The summed E-state index contributed by atoms with van der Waals surface area (Å²) in [5.41, 5.74) is 5.24. The smallest absolute Gasteiger partial charge is 0.233 e. The Morgan fingerprint density at radius 1 is 1.60 bits per heavy atom. The molecule has 0 radical (unpaired) electrons. The van der Waals surface area contributed by atoms with Gasteiger partial charge in [0.2, 0.25) is 5.91 Å². The van der Waals surface area contributed by atoms with Crippen LogP contribution in [-0.2, 0) is 4.79 Å². The van der Waals surface area contributed by atoms with Gasteiger partial charge in [-0.05, 0) is 19.5 Å². The van der Waals surface area contributed by atoms with Gasteiger partial charge < -0.3 is 16.4 Å². The molecule has 0 aromatic heterocycles. The van der Waals surface area contributed by atoms with Crippen molar-refractivity contribution in [3.05, 3.63) is 0 Å². The van der Waals surface area contributed by atoms with Crippen molar-refractivity contribution in [1.82, 2.24) is 10.6 Å². The largest absolute Gasteiger partial charge is 0.358 e. The summed E-state index contributed by atoms with van der Waals surface area (Å²) in [5.74, 6) is 0.0111. The number of carbonyl (C=O) groups excluding carboxylic acids is 1. The highest BCUT2D eigenvalue weighted by atomic mass is 16.1. The normalized spacial score (nSPS) is 9.40. The second-order valence-corrected chi connectivity index (χ2v) is 1.99. The van der Waals surface area contributed by atoms with Crippen LogP contribution in [0.3, 0.4) is 0 Å². The van der Waals surface area contributed by atoms with Gasteiger partial charge in [-0.25, -0.2) is 0 Å². The van der Waals surface area contributed by atoms with Crippen molar-refractivity contribution in [1.29, 1.82) is 0 Å². The molecule has 0 fully saturated rings. The van der Waals surface area contributed by atoms with E-state index < -0.39 is 0 Å². The molecular weight excluding hydrogens is 130 g/mol. The zero-order chi connectivity index (χ0) is 7.82. The first-order chi connectivity index (χ1) is 4.81. The van der Waals surface area contributed by atoms with Crippen LogP contribution >= 0.6 is 0 Å². The molecule has 60 valence electrons. The summed E-state index contributed by atoms with van der Waals surface area (Å²) < 4.78 is 0. The van der Waals surface area contributed by atoms with E-state index in [0.717, 1.165) is 13.0 Å². The highest BCUT2D eigenvalue weighted by molar-refractivity contribution is 5.77. The maximum Gasteiger partial charge on any atom is 0.233 e. The van der Waals surface area contributed by atoms with E-state index in [4.69, 9.17) is 5.73 Å². The number of amides is 1. The SMILES string of the molecule is CNC(=O)CNCCCN. The van der Waals surface area contributed by atoms with Gasteiger partial charge in [-0.2, -0.15) is 0 Å². The number of rotatable bonds is 5. The fourth-order valence-electron chi connectivity index (χ4n) is 0.517. The Balaban J connectivity index is 2.96. The average molecular weight is 145 g/mol. The van der Waals surface area contributed by atoms with Crippen molar-refractivity contribution >= 4 is 5.91 Å². The quantitative estimate of drug-likeness (QED) is 0.420. The Morgan fingerprint density at radius 2 is 2.30 bits per heavy atom. The van der Waals surface area contributed by atoms with Gasteiger partial charge in [-0.3, -0.25) is 4.79 Å². The lowest BCUT2D eigenvalue weighted by molar-refractivity contribution is -0.119. The summed E-state index contributed by atoms with van der Waals surface area (Å²) in [4.78, 5) is 10.6. The second kappa shape index (κ2) is 6.51. The number of hydrogen-bond acceptors (Lipinski definition) is 3. The summed E-state index contributed by atoms with van der Waals surface area (Å²) in [7, 11) is 1.62. The van der Waals surface area contributed by atoms with Crippen LogP contribution in [0.2, 0.25) is 0 Å². The highest BCUT2D eigenvalue weighted by Crippen LogP contribution is 1.68. The zero-order valence-corrected chi connectivity index (χ0v) is 6.31. The Labute approximate surface area is 61.2 Å². The fourth-order valence-corrected chi connectivity index (χ4v) is 0.517. The molecule has 0 unspecified atom stereocenters.